The summed E-state index contributed by atoms with van der Waals surface area (Å²) in [5.41, 5.74) is 0. The second kappa shape index (κ2) is 68.9. The molecule has 0 radical (unpaired) electrons. The minimum Gasteiger partial charge on any atom is -0.462 e. The highest BCUT2D eigenvalue weighted by Gasteiger charge is 2.19. The van der Waals surface area contributed by atoms with Crippen molar-refractivity contribution in [2.45, 2.75) is 393 Å². The highest BCUT2D eigenvalue weighted by Crippen LogP contribution is 2.19. The normalized spacial score (nSPS) is 12.3. The Hall–Kier alpha value is -2.63. The van der Waals surface area contributed by atoms with Crippen molar-refractivity contribution in [3.8, 4) is 0 Å². The van der Waals surface area contributed by atoms with Gasteiger partial charge in [-0.15, -0.1) is 0 Å². The Morgan fingerprint density at radius 2 is 0.487 bits per heavy atom. The van der Waals surface area contributed by atoms with Gasteiger partial charge < -0.3 is 14.2 Å². The van der Waals surface area contributed by atoms with E-state index in [0.717, 1.165) is 64.2 Å². The Labute approximate surface area is 498 Å². The fourth-order valence-corrected chi connectivity index (χ4v) is 10.8. The molecule has 0 aromatic carbocycles. The van der Waals surface area contributed by atoms with Gasteiger partial charge in [-0.05, 0) is 44.9 Å². The van der Waals surface area contributed by atoms with Crippen LogP contribution < -0.4 is 0 Å². The minimum absolute atomic E-state index is 0.0900. The molecule has 0 spiro atoms. The largest absolute Gasteiger partial charge is 0.462 e. The van der Waals surface area contributed by atoms with E-state index >= 15 is 0 Å². The fourth-order valence-electron chi connectivity index (χ4n) is 10.8. The number of allylic oxidation sites excluding steroid dienone is 8. The Morgan fingerprint density at radius 3 is 0.762 bits per heavy atom. The van der Waals surface area contributed by atoms with Gasteiger partial charge in [0.25, 0.3) is 0 Å². The van der Waals surface area contributed by atoms with Crippen molar-refractivity contribution in [3.05, 3.63) is 48.6 Å². The van der Waals surface area contributed by atoms with E-state index in [0.29, 0.717) is 19.3 Å². The summed E-state index contributed by atoms with van der Waals surface area (Å²) in [6.07, 6.45) is 87.6. The lowest BCUT2D eigenvalue weighted by Gasteiger charge is -2.18. The third kappa shape index (κ3) is 66.2. The first-order valence-corrected chi connectivity index (χ1v) is 35.6. The molecular weight excluding hydrogens is 985 g/mol. The van der Waals surface area contributed by atoms with E-state index in [-0.39, 0.29) is 37.5 Å². The lowest BCUT2D eigenvalue weighted by atomic mass is 10.0. The molecule has 0 aliphatic rings. The van der Waals surface area contributed by atoms with Crippen LogP contribution in [0, 0.1) is 0 Å². The smallest absolute Gasteiger partial charge is 0.306 e. The topological polar surface area (TPSA) is 78.9 Å². The molecule has 0 rings (SSSR count). The molecule has 0 aromatic rings. The molecule has 0 saturated carbocycles. The van der Waals surface area contributed by atoms with Gasteiger partial charge in [0, 0.05) is 19.3 Å². The van der Waals surface area contributed by atoms with Gasteiger partial charge >= 0.3 is 17.9 Å². The summed E-state index contributed by atoms with van der Waals surface area (Å²) in [6.45, 7) is 6.53. The lowest BCUT2D eigenvalue weighted by Crippen LogP contribution is -2.30. The standard InChI is InChI=1S/C74H136O6/c1-4-7-10-13-16-19-22-25-27-29-30-31-32-33-34-35-36-37-38-39-40-41-42-43-44-45-47-49-52-55-58-61-64-67-73(76)79-70-71(69-78-72(75)66-63-60-57-54-51-48-24-21-18-15-12-9-6-3)80-74(77)68-65-62-59-56-53-50-46-28-26-23-20-17-14-11-8-5-2/h9,12,18,21,48,51,57,60,71H,4-8,10-11,13-17,19-20,22-47,49-50,52-56,58-59,61-70H2,1-3H3/b12-9-,21-18-,51-48-,60-57-. The number of ether oxygens (including phenoxy) is 3. The zero-order valence-corrected chi connectivity index (χ0v) is 53.9. The van der Waals surface area contributed by atoms with Gasteiger partial charge in [-0.2, -0.15) is 0 Å². The van der Waals surface area contributed by atoms with E-state index in [1.807, 2.05) is 6.08 Å². The molecule has 0 N–H and O–H groups in total. The molecule has 6 nitrogen and oxygen atoms in total. The molecule has 1 unspecified atom stereocenters. The van der Waals surface area contributed by atoms with E-state index in [2.05, 4.69) is 63.3 Å². The molecule has 6 heteroatoms. The average Bonchev–Trinajstić information content (AvgIpc) is 3.46. The number of carbonyl (C=O) groups is 3. The van der Waals surface area contributed by atoms with Gasteiger partial charge in [0.05, 0.1) is 0 Å². The van der Waals surface area contributed by atoms with E-state index in [1.165, 1.54) is 276 Å². The minimum atomic E-state index is -0.799. The summed E-state index contributed by atoms with van der Waals surface area (Å²) in [5.74, 6) is -0.951. The SMILES string of the molecule is CC/C=C\C/C=C\C/C=C\C/C=C\CCC(=O)OCC(COC(=O)CCCCCCCCCCCCCCCCCCCCCCCCCCCCCCCCCCC)OC(=O)CCCCCCCCCCCCCCCCCC. The zero-order valence-electron chi connectivity index (χ0n) is 53.9. The second-order valence-electron chi connectivity index (χ2n) is 24.1. The van der Waals surface area contributed by atoms with Crippen molar-refractivity contribution in [2.24, 2.45) is 0 Å². The number of unbranched alkanes of at least 4 members (excludes halogenated alkanes) is 47. The molecule has 0 fully saturated rings. The molecular formula is C74H136O6. The summed E-state index contributed by atoms with van der Waals surface area (Å²) < 4.78 is 16.9. The molecule has 1 atom stereocenters. The monoisotopic (exact) mass is 1120 g/mol. The van der Waals surface area contributed by atoms with Crippen LogP contribution in [0.15, 0.2) is 48.6 Å². The highest BCUT2D eigenvalue weighted by atomic mass is 16.6. The lowest BCUT2D eigenvalue weighted by molar-refractivity contribution is -0.166. The molecule has 0 bridgehead atoms. The van der Waals surface area contributed by atoms with Crippen molar-refractivity contribution in [3.63, 3.8) is 0 Å². The van der Waals surface area contributed by atoms with Crippen molar-refractivity contribution >= 4 is 17.9 Å². The maximum atomic E-state index is 12.9. The van der Waals surface area contributed by atoms with Gasteiger partial charge in [0.15, 0.2) is 6.10 Å². The van der Waals surface area contributed by atoms with Crippen molar-refractivity contribution in [1.82, 2.24) is 0 Å². The van der Waals surface area contributed by atoms with E-state index in [1.54, 1.807) is 0 Å². The van der Waals surface area contributed by atoms with Crippen LogP contribution in [0.3, 0.4) is 0 Å². The number of carbonyl (C=O) groups excluding carboxylic acids is 3. The molecule has 0 aromatic heterocycles. The number of esters is 3. The van der Waals surface area contributed by atoms with E-state index < -0.39 is 6.10 Å². The van der Waals surface area contributed by atoms with E-state index in [4.69, 9.17) is 14.2 Å². The summed E-state index contributed by atoms with van der Waals surface area (Å²) in [5, 5.41) is 0. The van der Waals surface area contributed by atoms with Crippen LogP contribution in [0.1, 0.15) is 387 Å². The summed E-state index contributed by atoms with van der Waals surface area (Å²) in [4.78, 5) is 38.3. The Balaban J connectivity index is 4.10. The number of rotatable bonds is 66. The third-order valence-corrected chi connectivity index (χ3v) is 16.1. The summed E-state index contributed by atoms with van der Waals surface area (Å²) in [7, 11) is 0. The highest BCUT2D eigenvalue weighted by molar-refractivity contribution is 5.71. The van der Waals surface area contributed by atoms with Gasteiger partial charge in [0.2, 0.25) is 0 Å². The number of hydrogen-bond donors (Lipinski definition) is 0. The molecule has 0 amide bonds. The summed E-state index contributed by atoms with van der Waals surface area (Å²) >= 11 is 0. The quantitative estimate of drug-likeness (QED) is 0.0261. The van der Waals surface area contributed by atoms with Crippen molar-refractivity contribution < 1.29 is 28.6 Å². The molecule has 0 aliphatic carbocycles. The van der Waals surface area contributed by atoms with Crippen LogP contribution in [0.5, 0.6) is 0 Å². The van der Waals surface area contributed by atoms with Crippen molar-refractivity contribution in [1.29, 1.82) is 0 Å². The fraction of sp³-hybridized carbons (Fsp3) is 0.851. The molecule has 468 valence electrons. The Kier molecular flexibility index (Phi) is 66.6. The van der Waals surface area contributed by atoms with Crippen LogP contribution >= 0.6 is 0 Å². The predicted octanol–water partition coefficient (Wildman–Crippen LogP) is 24.5. The van der Waals surface area contributed by atoms with Gasteiger partial charge in [-0.3, -0.25) is 14.4 Å². The average molecular weight is 1120 g/mol. The Bertz CT molecular complexity index is 1380. The van der Waals surface area contributed by atoms with Crippen LogP contribution in [0.4, 0.5) is 0 Å². The zero-order chi connectivity index (χ0) is 57.8. The summed E-state index contributed by atoms with van der Waals surface area (Å²) in [6, 6.07) is 0. The van der Waals surface area contributed by atoms with Gasteiger partial charge in [-0.25, -0.2) is 0 Å². The maximum Gasteiger partial charge on any atom is 0.306 e. The first-order valence-electron chi connectivity index (χ1n) is 35.6. The maximum absolute atomic E-state index is 12.9. The first kappa shape index (κ1) is 77.4. The van der Waals surface area contributed by atoms with Gasteiger partial charge in [-0.1, -0.05) is 371 Å². The molecule has 0 aliphatic heterocycles. The van der Waals surface area contributed by atoms with E-state index in [9.17, 15) is 14.4 Å². The van der Waals surface area contributed by atoms with Crippen molar-refractivity contribution in [2.75, 3.05) is 13.2 Å². The van der Waals surface area contributed by atoms with Crippen LogP contribution in [0.25, 0.3) is 0 Å². The molecule has 0 heterocycles. The van der Waals surface area contributed by atoms with Gasteiger partial charge in [0.1, 0.15) is 13.2 Å². The molecule has 0 saturated heterocycles. The Morgan fingerprint density at radius 1 is 0.263 bits per heavy atom. The van der Waals surface area contributed by atoms with Crippen LogP contribution in [0.2, 0.25) is 0 Å². The number of hydrogen-bond acceptors (Lipinski definition) is 6. The third-order valence-electron chi connectivity index (χ3n) is 16.1. The first-order chi connectivity index (χ1) is 39.5. The van der Waals surface area contributed by atoms with Crippen LogP contribution in [-0.2, 0) is 28.6 Å². The molecule has 80 heavy (non-hydrogen) atoms. The second-order valence-corrected chi connectivity index (χ2v) is 24.1. The predicted molar refractivity (Wildman–Crippen MR) is 349 cm³/mol. The van der Waals surface area contributed by atoms with Crippen LogP contribution in [-0.4, -0.2) is 37.2 Å².